The highest BCUT2D eigenvalue weighted by Gasteiger charge is 2.27. The zero-order chi connectivity index (χ0) is 20.3. The first kappa shape index (κ1) is 19.5. The number of thiazole rings is 1. The van der Waals surface area contributed by atoms with E-state index in [4.69, 9.17) is 4.98 Å². The van der Waals surface area contributed by atoms with Crippen LogP contribution in [0.5, 0.6) is 0 Å². The second kappa shape index (κ2) is 8.74. The van der Waals surface area contributed by atoms with Gasteiger partial charge in [0.15, 0.2) is 0 Å². The van der Waals surface area contributed by atoms with Crippen LogP contribution in [0, 0.1) is 0 Å². The van der Waals surface area contributed by atoms with Crippen LogP contribution in [-0.4, -0.2) is 66.5 Å². The number of benzene rings is 2. The van der Waals surface area contributed by atoms with Gasteiger partial charge in [0, 0.05) is 37.8 Å². The van der Waals surface area contributed by atoms with Crippen LogP contribution in [0.2, 0.25) is 0 Å². The molecule has 0 aliphatic carbocycles. The Morgan fingerprint density at radius 1 is 0.900 bits per heavy atom. The van der Waals surface area contributed by atoms with Crippen LogP contribution in [0.25, 0.3) is 10.2 Å². The number of carbonyl (C=O) groups excluding carboxylic acids is 1. The second-order valence-corrected chi connectivity index (χ2v) is 9.34. The van der Waals surface area contributed by atoms with Gasteiger partial charge in [-0.3, -0.25) is 9.69 Å². The number of piperazine rings is 1. The number of aromatic nitrogens is 1. The zero-order valence-corrected chi connectivity index (χ0v) is 18.1. The van der Waals surface area contributed by atoms with E-state index >= 15 is 0 Å². The Kier molecular flexibility index (Phi) is 5.69. The smallest absolute Gasteiger partial charge is 0.236 e. The minimum atomic E-state index is 0.279. The van der Waals surface area contributed by atoms with Crippen LogP contribution in [0.3, 0.4) is 0 Å². The summed E-state index contributed by atoms with van der Waals surface area (Å²) in [5, 5.41) is 1.26. The van der Waals surface area contributed by atoms with Crippen molar-refractivity contribution in [2.24, 2.45) is 0 Å². The van der Waals surface area contributed by atoms with Gasteiger partial charge in [-0.1, -0.05) is 30.3 Å². The number of piperidine rings is 1. The Morgan fingerprint density at radius 3 is 2.33 bits per heavy atom. The number of fused-ring (bicyclic) bond motifs is 1. The topological polar surface area (TPSA) is 39.7 Å². The van der Waals surface area contributed by atoms with Crippen molar-refractivity contribution in [3.63, 3.8) is 0 Å². The monoisotopic (exact) mass is 420 g/mol. The molecule has 0 saturated carbocycles. The van der Waals surface area contributed by atoms with E-state index in [0.717, 1.165) is 57.6 Å². The van der Waals surface area contributed by atoms with Gasteiger partial charge >= 0.3 is 0 Å². The predicted molar refractivity (Wildman–Crippen MR) is 123 cm³/mol. The molecule has 2 aliphatic heterocycles. The first-order valence-corrected chi connectivity index (χ1v) is 11.7. The Balaban J connectivity index is 1.10. The molecule has 5 rings (SSSR count). The van der Waals surface area contributed by atoms with E-state index in [1.54, 1.807) is 0 Å². The maximum absolute atomic E-state index is 12.8. The van der Waals surface area contributed by atoms with Gasteiger partial charge in [-0.15, -0.1) is 11.3 Å². The maximum atomic E-state index is 12.8. The quantitative estimate of drug-likeness (QED) is 0.643. The Bertz CT molecular complexity index is 956. The third kappa shape index (κ3) is 4.20. The fraction of sp³-hybridized carbons (Fsp3) is 0.417. The van der Waals surface area contributed by atoms with Crippen LogP contribution in [0.1, 0.15) is 23.8 Å². The molecular weight excluding hydrogens is 392 g/mol. The minimum Gasteiger partial charge on any atom is -0.368 e. The van der Waals surface area contributed by atoms with Crippen molar-refractivity contribution in [1.29, 1.82) is 0 Å². The standard InChI is InChI=1S/C24H28N4OS/c29-23(28-16-14-27(15-17-28)20-6-2-1-3-7-20)18-26-12-10-19(11-13-26)24-25-21-8-4-5-9-22(21)30-24/h1-9,19H,10-18H2. The molecule has 2 fully saturated rings. The van der Waals surface area contributed by atoms with Gasteiger partial charge in [-0.25, -0.2) is 4.98 Å². The number of nitrogens with zero attached hydrogens (tertiary/aromatic N) is 4. The number of carbonyl (C=O) groups is 1. The fourth-order valence-electron chi connectivity index (χ4n) is 4.55. The lowest BCUT2D eigenvalue weighted by Gasteiger charge is -2.38. The van der Waals surface area contributed by atoms with Gasteiger partial charge in [0.1, 0.15) is 0 Å². The second-order valence-electron chi connectivity index (χ2n) is 8.27. The van der Waals surface area contributed by atoms with E-state index in [1.165, 1.54) is 15.4 Å². The average Bonchev–Trinajstić information content (AvgIpc) is 3.25. The molecule has 0 unspecified atom stereocenters. The van der Waals surface area contributed by atoms with Gasteiger partial charge in [0.05, 0.1) is 21.8 Å². The van der Waals surface area contributed by atoms with Crippen molar-refractivity contribution >= 4 is 33.1 Å². The molecule has 3 heterocycles. The molecule has 2 aromatic carbocycles. The molecule has 30 heavy (non-hydrogen) atoms. The molecule has 1 amide bonds. The summed E-state index contributed by atoms with van der Waals surface area (Å²) in [5.74, 6) is 0.810. The van der Waals surface area contributed by atoms with Gasteiger partial charge in [-0.2, -0.15) is 0 Å². The van der Waals surface area contributed by atoms with E-state index in [2.05, 4.69) is 58.3 Å². The van der Waals surface area contributed by atoms with Crippen LogP contribution in [0.4, 0.5) is 5.69 Å². The van der Waals surface area contributed by atoms with E-state index in [0.29, 0.717) is 12.5 Å². The van der Waals surface area contributed by atoms with E-state index in [9.17, 15) is 4.79 Å². The molecule has 156 valence electrons. The molecule has 0 radical (unpaired) electrons. The molecule has 0 spiro atoms. The highest BCUT2D eigenvalue weighted by atomic mass is 32.1. The Hall–Kier alpha value is -2.44. The number of anilines is 1. The molecule has 6 heteroatoms. The van der Waals surface area contributed by atoms with Gasteiger partial charge < -0.3 is 9.80 Å². The fourth-order valence-corrected chi connectivity index (χ4v) is 5.68. The third-order valence-electron chi connectivity index (χ3n) is 6.36. The molecule has 2 aliphatic rings. The number of likely N-dealkylation sites (tertiary alicyclic amines) is 1. The summed E-state index contributed by atoms with van der Waals surface area (Å²) in [4.78, 5) is 24.4. The zero-order valence-electron chi connectivity index (χ0n) is 17.2. The number of amides is 1. The van der Waals surface area contributed by atoms with Gasteiger partial charge in [-0.05, 0) is 50.2 Å². The molecule has 1 aromatic heterocycles. The van der Waals surface area contributed by atoms with Crippen molar-refractivity contribution in [3.05, 3.63) is 59.6 Å². The van der Waals surface area contributed by atoms with Gasteiger partial charge in [0.25, 0.3) is 0 Å². The summed E-state index contributed by atoms with van der Waals surface area (Å²) < 4.78 is 1.28. The number of para-hydroxylation sites is 2. The number of hydrogen-bond donors (Lipinski definition) is 0. The molecule has 0 atom stereocenters. The SMILES string of the molecule is O=C(CN1CCC(c2nc3ccccc3s2)CC1)N1CCN(c2ccccc2)CC1. The Labute approximate surface area is 181 Å². The lowest BCUT2D eigenvalue weighted by molar-refractivity contribution is -0.133. The first-order chi connectivity index (χ1) is 14.8. The normalized spacial score (nSPS) is 18.8. The highest BCUT2D eigenvalue weighted by Crippen LogP contribution is 2.33. The van der Waals surface area contributed by atoms with Crippen LogP contribution >= 0.6 is 11.3 Å². The van der Waals surface area contributed by atoms with Crippen molar-refractivity contribution in [3.8, 4) is 0 Å². The van der Waals surface area contributed by atoms with Crippen molar-refractivity contribution in [2.45, 2.75) is 18.8 Å². The van der Waals surface area contributed by atoms with Crippen molar-refractivity contribution in [1.82, 2.24) is 14.8 Å². The summed E-state index contributed by atoms with van der Waals surface area (Å²) in [5.41, 5.74) is 2.37. The third-order valence-corrected chi connectivity index (χ3v) is 7.56. The van der Waals surface area contributed by atoms with E-state index < -0.39 is 0 Å². The highest BCUT2D eigenvalue weighted by molar-refractivity contribution is 7.18. The summed E-state index contributed by atoms with van der Waals surface area (Å²) in [6.07, 6.45) is 2.18. The van der Waals surface area contributed by atoms with Crippen molar-refractivity contribution in [2.75, 3.05) is 50.7 Å². The largest absolute Gasteiger partial charge is 0.368 e. The van der Waals surface area contributed by atoms with Gasteiger partial charge in [0.2, 0.25) is 5.91 Å². The lowest BCUT2D eigenvalue weighted by Crippen LogP contribution is -2.51. The molecule has 0 N–H and O–H groups in total. The summed E-state index contributed by atoms with van der Waals surface area (Å²) in [6.45, 7) is 5.97. The number of rotatable bonds is 4. The summed E-state index contributed by atoms with van der Waals surface area (Å²) in [7, 11) is 0. The molecule has 3 aromatic rings. The minimum absolute atomic E-state index is 0.279. The van der Waals surface area contributed by atoms with E-state index in [-0.39, 0.29) is 5.91 Å². The lowest BCUT2D eigenvalue weighted by atomic mass is 9.97. The molecule has 2 saturated heterocycles. The first-order valence-electron chi connectivity index (χ1n) is 10.9. The van der Waals surface area contributed by atoms with Crippen LogP contribution in [0.15, 0.2) is 54.6 Å². The van der Waals surface area contributed by atoms with Crippen LogP contribution < -0.4 is 4.90 Å². The van der Waals surface area contributed by atoms with Crippen molar-refractivity contribution < 1.29 is 4.79 Å². The predicted octanol–water partition coefficient (Wildman–Crippen LogP) is 3.82. The van der Waals surface area contributed by atoms with E-state index in [1.807, 2.05) is 22.3 Å². The molecule has 5 nitrogen and oxygen atoms in total. The average molecular weight is 421 g/mol. The van der Waals surface area contributed by atoms with Crippen LogP contribution in [-0.2, 0) is 4.79 Å². The summed E-state index contributed by atoms with van der Waals surface area (Å²) >= 11 is 1.83. The number of hydrogen-bond acceptors (Lipinski definition) is 5. The molecular formula is C24H28N4OS. The Morgan fingerprint density at radius 2 is 1.60 bits per heavy atom. The molecule has 0 bridgehead atoms. The maximum Gasteiger partial charge on any atom is 0.236 e. The summed E-state index contributed by atoms with van der Waals surface area (Å²) in [6, 6.07) is 18.9.